The lowest BCUT2D eigenvalue weighted by molar-refractivity contribution is -1.02. The van der Waals surface area contributed by atoms with Crippen molar-refractivity contribution in [2.24, 2.45) is 0 Å². The van der Waals surface area contributed by atoms with Crippen LogP contribution in [0.25, 0.3) is 0 Å². The Hall–Kier alpha value is -1.77. The van der Waals surface area contributed by atoms with Crippen LogP contribution in [-0.4, -0.2) is 65.2 Å². The van der Waals surface area contributed by atoms with Crippen LogP contribution >= 0.6 is 0 Å². The quantitative estimate of drug-likeness (QED) is 0.649. The zero-order valence-electron chi connectivity index (χ0n) is 17.8. The second kappa shape index (κ2) is 9.58. The molecule has 0 aromatic heterocycles. The maximum atomic E-state index is 12.9. The maximum absolute atomic E-state index is 12.9. The van der Waals surface area contributed by atoms with Crippen molar-refractivity contribution in [2.45, 2.75) is 24.9 Å². The predicted octanol–water partition coefficient (Wildman–Crippen LogP) is -0.500. The summed E-state index contributed by atoms with van der Waals surface area (Å²) in [5, 5.41) is 0. The number of benzene rings is 2. The van der Waals surface area contributed by atoms with E-state index in [1.54, 1.807) is 11.0 Å². The molecule has 6 nitrogen and oxygen atoms in total. The molecule has 2 aromatic rings. The summed E-state index contributed by atoms with van der Waals surface area (Å²) in [6.07, 6.45) is 0. The van der Waals surface area contributed by atoms with Gasteiger partial charge < -0.3 is 14.5 Å². The molecule has 0 unspecified atom stereocenters. The third kappa shape index (κ3) is 5.28. The normalized spacial score (nSPS) is 23.4. The van der Waals surface area contributed by atoms with Crippen LogP contribution in [0, 0.1) is 6.92 Å². The molecule has 2 N–H and O–H groups in total. The van der Waals surface area contributed by atoms with E-state index in [4.69, 9.17) is 4.74 Å². The van der Waals surface area contributed by atoms with Gasteiger partial charge in [0.15, 0.2) is 0 Å². The average molecular weight is 432 g/mol. The highest BCUT2D eigenvalue weighted by Crippen LogP contribution is 2.18. The molecule has 2 fully saturated rings. The van der Waals surface area contributed by atoms with Crippen LogP contribution in [0.4, 0.5) is 0 Å². The first-order chi connectivity index (χ1) is 14.5. The highest BCUT2D eigenvalue weighted by atomic mass is 32.2. The molecule has 2 aromatic carbocycles. The lowest BCUT2D eigenvalue weighted by atomic mass is 10.1. The third-order valence-electron chi connectivity index (χ3n) is 6.16. The van der Waals surface area contributed by atoms with Crippen LogP contribution in [0.3, 0.4) is 0 Å². The van der Waals surface area contributed by atoms with Crippen molar-refractivity contribution < 1.29 is 23.0 Å². The number of nitrogens with one attached hydrogen (secondary N) is 2. The lowest BCUT2D eigenvalue weighted by Crippen LogP contribution is -3.27. The van der Waals surface area contributed by atoms with Gasteiger partial charge in [0.25, 0.3) is 0 Å². The van der Waals surface area contributed by atoms with E-state index < -0.39 is 10.0 Å². The van der Waals surface area contributed by atoms with E-state index in [1.807, 2.05) is 12.1 Å². The Labute approximate surface area is 180 Å². The van der Waals surface area contributed by atoms with E-state index in [2.05, 4.69) is 37.3 Å². The summed E-state index contributed by atoms with van der Waals surface area (Å²) in [5.74, 6) is 0. The number of quaternary nitrogens is 2. The summed E-state index contributed by atoms with van der Waals surface area (Å²) in [4.78, 5) is 3.57. The molecule has 7 heteroatoms. The Kier molecular flexibility index (Phi) is 6.85. The Morgan fingerprint density at radius 1 is 0.867 bits per heavy atom. The fourth-order valence-electron chi connectivity index (χ4n) is 4.46. The highest BCUT2D eigenvalue weighted by molar-refractivity contribution is 7.89. The summed E-state index contributed by atoms with van der Waals surface area (Å²) >= 11 is 0. The Morgan fingerprint density at radius 3 is 2.03 bits per heavy atom. The SMILES string of the molecule is Cc1cccc(C[NH+]2CC[NH+](Cc3cccc(S(=O)(=O)N4CCOCC4)c3)CC2)c1. The fourth-order valence-corrected chi connectivity index (χ4v) is 5.94. The van der Waals surface area contributed by atoms with Gasteiger partial charge in [-0.1, -0.05) is 42.0 Å². The fraction of sp³-hybridized carbons (Fsp3) is 0.478. The molecule has 0 spiro atoms. The number of morpholine rings is 1. The molecule has 0 aliphatic carbocycles. The molecule has 162 valence electrons. The molecule has 2 aliphatic heterocycles. The van der Waals surface area contributed by atoms with Gasteiger partial charge in [-0.05, 0) is 19.1 Å². The molecule has 2 aliphatic rings. The minimum absolute atomic E-state index is 0.407. The number of nitrogens with zero attached hydrogens (tertiary/aromatic N) is 1. The number of aryl methyl sites for hydroxylation is 1. The smallest absolute Gasteiger partial charge is 0.243 e. The van der Waals surface area contributed by atoms with Gasteiger partial charge in [0.2, 0.25) is 10.0 Å². The van der Waals surface area contributed by atoms with Gasteiger partial charge in [-0.3, -0.25) is 0 Å². The van der Waals surface area contributed by atoms with Crippen LogP contribution in [0.2, 0.25) is 0 Å². The first-order valence-corrected chi connectivity index (χ1v) is 12.3. The zero-order chi connectivity index (χ0) is 21.0. The molecule has 4 rings (SSSR count). The van der Waals surface area contributed by atoms with Crippen LogP contribution < -0.4 is 9.80 Å². The minimum atomic E-state index is -3.43. The minimum Gasteiger partial charge on any atom is -0.379 e. The number of piperazine rings is 1. The van der Waals surface area contributed by atoms with Crippen molar-refractivity contribution in [3.8, 4) is 0 Å². The number of ether oxygens (including phenoxy) is 1. The largest absolute Gasteiger partial charge is 0.379 e. The summed E-state index contributed by atoms with van der Waals surface area (Å²) in [7, 11) is -3.43. The van der Waals surface area contributed by atoms with Gasteiger partial charge in [0, 0.05) is 24.2 Å². The van der Waals surface area contributed by atoms with Crippen molar-refractivity contribution >= 4 is 10.0 Å². The number of sulfonamides is 1. The van der Waals surface area contributed by atoms with Crippen molar-refractivity contribution in [1.82, 2.24) is 4.31 Å². The topological polar surface area (TPSA) is 55.5 Å². The first-order valence-electron chi connectivity index (χ1n) is 10.9. The Morgan fingerprint density at radius 2 is 1.43 bits per heavy atom. The van der Waals surface area contributed by atoms with E-state index in [0.717, 1.165) is 44.8 Å². The zero-order valence-corrected chi connectivity index (χ0v) is 18.6. The second-order valence-corrected chi connectivity index (χ2v) is 10.4. The Balaban J connectivity index is 1.34. The number of hydrogen-bond donors (Lipinski definition) is 2. The molecular formula is C23H33N3O3S+2. The summed E-state index contributed by atoms with van der Waals surface area (Å²) in [6.45, 7) is 10.4. The maximum Gasteiger partial charge on any atom is 0.243 e. The van der Waals surface area contributed by atoms with E-state index in [0.29, 0.717) is 31.2 Å². The van der Waals surface area contributed by atoms with E-state index >= 15 is 0 Å². The molecule has 0 radical (unpaired) electrons. The van der Waals surface area contributed by atoms with Crippen molar-refractivity contribution in [3.05, 3.63) is 65.2 Å². The molecule has 30 heavy (non-hydrogen) atoms. The average Bonchev–Trinajstić information content (AvgIpc) is 2.76. The summed E-state index contributed by atoms with van der Waals surface area (Å²) < 4.78 is 32.7. The Bertz CT molecular complexity index is 950. The predicted molar refractivity (Wildman–Crippen MR) is 116 cm³/mol. The third-order valence-corrected chi connectivity index (χ3v) is 8.06. The first kappa shape index (κ1) is 21.5. The number of rotatable bonds is 6. The van der Waals surface area contributed by atoms with Crippen LogP contribution in [0.5, 0.6) is 0 Å². The standard InChI is InChI=1S/C23H31N3O3S/c1-20-4-2-5-21(16-20)18-24-8-10-25(11-9-24)19-22-6-3-7-23(17-22)30(27,28)26-12-14-29-15-13-26/h2-7,16-17H,8-15,18-19H2,1H3/p+2. The van der Waals surface area contributed by atoms with Gasteiger partial charge in [-0.2, -0.15) is 4.31 Å². The molecule has 2 saturated heterocycles. The number of hydrogen-bond acceptors (Lipinski definition) is 3. The summed E-state index contributed by atoms with van der Waals surface area (Å²) in [5.41, 5.74) is 3.83. The van der Waals surface area contributed by atoms with E-state index in [9.17, 15) is 8.42 Å². The summed E-state index contributed by atoms with van der Waals surface area (Å²) in [6, 6.07) is 16.3. The molecule has 0 saturated carbocycles. The van der Waals surface area contributed by atoms with Crippen LogP contribution in [0.15, 0.2) is 53.4 Å². The van der Waals surface area contributed by atoms with Gasteiger partial charge in [0.1, 0.15) is 39.3 Å². The second-order valence-electron chi connectivity index (χ2n) is 8.51. The van der Waals surface area contributed by atoms with Gasteiger partial charge >= 0.3 is 0 Å². The van der Waals surface area contributed by atoms with Gasteiger partial charge in [0.05, 0.1) is 18.1 Å². The molecule has 0 amide bonds. The van der Waals surface area contributed by atoms with Gasteiger partial charge in [-0.25, -0.2) is 8.42 Å². The monoisotopic (exact) mass is 431 g/mol. The van der Waals surface area contributed by atoms with Gasteiger partial charge in [-0.15, -0.1) is 0 Å². The van der Waals surface area contributed by atoms with E-state index in [1.165, 1.54) is 20.3 Å². The van der Waals surface area contributed by atoms with Crippen molar-refractivity contribution in [1.29, 1.82) is 0 Å². The van der Waals surface area contributed by atoms with E-state index in [-0.39, 0.29) is 0 Å². The highest BCUT2D eigenvalue weighted by Gasteiger charge is 2.27. The van der Waals surface area contributed by atoms with Crippen LogP contribution in [-0.2, 0) is 27.8 Å². The lowest BCUT2D eigenvalue weighted by Gasteiger charge is -2.30. The van der Waals surface area contributed by atoms with Crippen molar-refractivity contribution in [2.75, 3.05) is 52.5 Å². The molecule has 2 heterocycles. The molecular weight excluding hydrogens is 398 g/mol. The van der Waals surface area contributed by atoms with Crippen LogP contribution in [0.1, 0.15) is 16.7 Å². The van der Waals surface area contributed by atoms with Crippen molar-refractivity contribution in [3.63, 3.8) is 0 Å². The molecule has 0 atom stereocenters. The molecule has 0 bridgehead atoms.